The average molecular weight is 143 g/mol. The monoisotopic (exact) mass is 143 g/mol. The molecule has 0 bridgehead atoms. The number of rotatable bonds is 3. The van der Waals surface area contributed by atoms with Crippen LogP contribution in [0.3, 0.4) is 0 Å². The number of carbonyl (C=O) groups is 1. The van der Waals surface area contributed by atoms with Crippen molar-refractivity contribution in [2.24, 2.45) is 0 Å². The van der Waals surface area contributed by atoms with Crippen molar-refractivity contribution in [3.63, 3.8) is 0 Å². The highest BCUT2D eigenvalue weighted by Crippen LogP contribution is 2.02. The number of aldehydes is 1. The number of morpholine rings is 1. The molecule has 3 heteroatoms. The van der Waals surface area contributed by atoms with E-state index in [0.717, 1.165) is 32.4 Å². The van der Waals surface area contributed by atoms with E-state index >= 15 is 0 Å². The fourth-order valence-electron chi connectivity index (χ4n) is 1.06. The molecular weight excluding hydrogens is 130 g/mol. The summed E-state index contributed by atoms with van der Waals surface area (Å²) in [4.78, 5) is 9.97. The fourth-order valence-corrected chi connectivity index (χ4v) is 1.06. The van der Waals surface area contributed by atoms with Gasteiger partial charge < -0.3 is 14.8 Å². The van der Waals surface area contributed by atoms with E-state index in [-0.39, 0.29) is 6.10 Å². The fraction of sp³-hybridized carbons (Fsp3) is 0.857. The Morgan fingerprint density at radius 3 is 3.20 bits per heavy atom. The quantitative estimate of drug-likeness (QED) is 0.563. The molecule has 1 atom stereocenters. The predicted molar refractivity (Wildman–Crippen MR) is 37.9 cm³/mol. The molecule has 1 N–H and O–H groups in total. The van der Waals surface area contributed by atoms with Crippen LogP contribution in [0, 0.1) is 0 Å². The average Bonchev–Trinajstić information content (AvgIpc) is 2.03. The Bertz CT molecular complexity index is 99.8. The first-order valence-electron chi connectivity index (χ1n) is 3.69. The van der Waals surface area contributed by atoms with Gasteiger partial charge in [-0.25, -0.2) is 0 Å². The lowest BCUT2D eigenvalue weighted by Crippen LogP contribution is -2.38. The van der Waals surface area contributed by atoms with Gasteiger partial charge in [0.2, 0.25) is 0 Å². The molecule has 0 aromatic heterocycles. The van der Waals surface area contributed by atoms with Gasteiger partial charge in [-0.3, -0.25) is 0 Å². The smallest absolute Gasteiger partial charge is 0.120 e. The number of hydrogen-bond acceptors (Lipinski definition) is 3. The lowest BCUT2D eigenvalue weighted by molar-refractivity contribution is -0.108. The predicted octanol–water partition coefficient (Wildman–Crippen LogP) is -0.0461. The summed E-state index contributed by atoms with van der Waals surface area (Å²) in [5.74, 6) is 0. The van der Waals surface area contributed by atoms with Gasteiger partial charge in [0.1, 0.15) is 6.29 Å². The second-order valence-corrected chi connectivity index (χ2v) is 2.44. The maximum Gasteiger partial charge on any atom is 0.120 e. The van der Waals surface area contributed by atoms with Gasteiger partial charge in [-0.1, -0.05) is 0 Å². The van der Waals surface area contributed by atoms with Crippen LogP contribution in [-0.2, 0) is 9.53 Å². The van der Waals surface area contributed by atoms with E-state index in [4.69, 9.17) is 4.74 Å². The van der Waals surface area contributed by atoms with Crippen molar-refractivity contribution in [2.45, 2.75) is 18.9 Å². The van der Waals surface area contributed by atoms with Gasteiger partial charge in [0.15, 0.2) is 0 Å². The standard InChI is InChI=1S/C7H13NO2/c9-4-1-2-7-6-8-3-5-10-7/h4,7-8H,1-3,5-6H2. The van der Waals surface area contributed by atoms with Crippen LogP contribution in [0.25, 0.3) is 0 Å². The Balaban J connectivity index is 2.07. The van der Waals surface area contributed by atoms with E-state index in [9.17, 15) is 4.79 Å². The summed E-state index contributed by atoms with van der Waals surface area (Å²) in [6, 6.07) is 0. The zero-order valence-electron chi connectivity index (χ0n) is 6.01. The van der Waals surface area contributed by atoms with Gasteiger partial charge in [0.05, 0.1) is 12.7 Å². The lowest BCUT2D eigenvalue weighted by Gasteiger charge is -2.22. The summed E-state index contributed by atoms with van der Waals surface area (Å²) >= 11 is 0. The van der Waals surface area contributed by atoms with Gasteiger partial charge in [-0.15, -0.1) is 0 Å². The lowest BCUT2D eigenvalue weighted by atomic mass is 10.2. The Kier molecular flexibility index (Phi) is 3.40. The van der Waals surface area contributed by atoms with Crippen molar-refractivity contribution in [1.29, 1.82) is 0 Å². The van der Waals surface area contributed by atoms with Crippen LogP contribution in [0.1, 0.15) is 12.8 Å². The molecule has 1 unspecified atom stereocenters. The van der Waals surface area contributed by atoms with Gasteiger partial charge in [0, 0.05) is 19.5 Å². The first-order valence-corrected chi connectivity index (χ1v) is 3.69. The molecule has 0 saturated carbocycles. The summed E-state index contributed by atoms with van der Waals surface area (Å²) < 4.78 is 5.36. The van der Waals surface area contributed by atoms with Crippen molar-refractivity contribution in [2.75, 3.05) is 19.7 Å². The van der Waals surface area contributed by atoms with E-state index < -0.39 is 0 Å². The Hall–Kier alpha value is -0.410. The molecule has 3 nitrogen and oxygen atoms in total. The second kappa shape index (κ2) is 4.41. The van der Waals surface area contributed by atoms with E-state index in [1.165, 1.54) is 0 Å². The first kappa shape index (κ1) is 7.69. The van der Waals surface area contributed by atoms with Crippen molar-refractivity contribution in [1.82, 2.24) is 5.32 Å². The number of carbonyl (C=O) groups excluding carboxylic acids is 1. The first-order chi connectivity index (χ1) is 4.93. The molecule has 0 radical (unpaired) electrons. The van der Waals surface area contributed by atoms with E-state index in [2.05, 4.69) is 5.32 Å². The third kappa shape index (κ3) is 2.45. The summed E-state index contributed by atoms with van der Waals surface area (Å²) in [6.07, 6.45) is 2.68. The molecule has 1 fully saturated rings. The molecule has 58 valence electrons. The van der Waals surface area contributed by atoms with Gasteiger partial charge in [0.25, 0.3) is 0 Å². The topological polar surface area (TPSA) is 38.3 Å². The molecule has 0 aromatic rings. The molecule has 1 rings (SSSR count). The van der Waals surface area contributed by atoms with Gasteiger partial charge in [-0.05, 0) is 6.42 Å². The SMILES string of the molecule is O=CCCC1CNCCO1. The maximum atomic E-state index is 9.97. The molecular formula is C7H13NO2. The Morgan fingerprint density at radius 1 is 1.70 bits per heavy atom. The van der Waals surface area contributed by atoms with Crippen molar-refractivity contribution in [3.8, 4) is 0 Å². The minimum atomic E-state index is 0.263. The minimum Gasteiger partial charge on any atom is -0.376 e. The summed E-state index contributed by atoms with van der Waals surface area (Å²) in [6.45, 7) is 2.62. The zero-order chi connectivity index (χ0) is 7.23. The summed E-state index contributed by atoms with van der Waals surface area (Å²) in [7, 11) is 0. The minimum absolute atomic E-state index is 0.263. The Morgan fingerprint density at radius 2 is 2.60 bits per heavy atom. The molecule has 0 aliphatic carbocycles. The number of hydrogen-bond donors (Lipinski definition) is 1. The van der Waals surface area contributed by atoms with Crippen LogP contribution in [0.4, 0.5) is 0 Å². The molecule has 1 saturated heterocycles. The highest BCUT2D eigenvalue weighted by atomic mass is 16.5. The molecule has 0 spiro atoms. The normalized spacial score (nSPS) is 26.2. The summed E-state index contributed by atoms with van der Waals surface area (Å²) in [5, 5.41) is 3.20. The molecule has 0 amide bonds. The van der Waals surface area contributed by atoms with Crippen LogP contribution in [-0.4, -0.2) is 32.1 Å². The maximum absolute atomic E-state index is 9.97. The van der Waals surface area contributed by atoms with Crippen LogP contribution in [0.15, 0.2) is 0 Å². The van der Waals surface area contributed by atoms with Crippen LogP contribution in [0.5, 0.6) is 0 Å². The third-order valence-corrected chi connectivity index (χ3v) is 1.61. The molecule has 1 aliphatic heterocycles. The van der Waals surface area contributed by atoms with Crippen LogP contribution in [0.2, 0.25) is 0 Å². The van der Waals surface area contributed by atoms with Gasteiger partial charge >= 0.3 is 0 Å². The second-order valence-electron chi connectivity index (χ2n) is 2.44. The molecule has 1 heterocycles. The number of nitrogens with one attached hydrogen (secondary N) is 1. The van der Waals surface area contributed by atoms with E-state index in [1.54, 1.807) is 0 Å². The summed E-state index contributed by atoms with van der Waals surface area (Å²) in [5.41, 5.74) is 0. The van der Waals surface area contributed by atoms with Crippen molar-refractivity contribution in [3.05, 3.63) is 0 Å². The molecule has 10 heavy (non-hydrogen) atoms. The van der Waals surface area contributed by atoms with Crippen molar-refractivity contribution < 1.29 is 9.53 Å². The largest absolute Gasteiger partial charge is 0.376 e. The van der Waals surface area contributed by atoms with Crippen LogP contribution >= 0.6 is 0 Å². The van der Waals surface area contributed by atoms with Crippen molar-refractivity contribution >= 4 is 6.29 Å². The highest BCUT2D eigenvalue weighted by molar-refractivity contribution is 5.49. The molecule has 0 aromatic carbocycles. The van der Waals surface area contributed by atoms with Gasteiger partial charge in [-0.2, -0.15) is 0 Å². The van der Waals surface area contributed by atoms with Crippen LogP contribution < -0.4 is 5.32 Å². The van der Waals surface area contributed by atoms with E-state index in [0.29, 0.717) is 6.42 Å². The molecule has 1 aliphatic rings. The Labute approximate surface area is 60.7 Å². The highest BCUT2D eigenvalue weighted by Gasteiger charge is 2.11. The zero-order valence-corrected chi connectivity index (χ0v) is 6.01. The number of ether oxygens (including phenoxy) is 1. The van der Waals surface area contributed by atoms with E-state index in [1.807, 2.05) is 0 Å². The third-order valence-electron chi connectivity index (χ3n) is 1.61.